The highest BCUT2D eigenvalue weighted by Gasteiger charge is 2.37. The number of hydrogen-bond acceptors (Lipinski definition) is 5. The van der Waals surface area contributed by atoms with Gasteiger partial charge in [0.2, 0.25) is 11.8 Å². The minimum atomic E-state index is -0.419. The highest BCUT2D eigenvalue weighted by atomic mass is 32.1. The lowest BCUT2D eigenvalue weighted by Crippen LogP contribution is -2.38. The second-order valence-electron chi connectivity index (χ2n) is 6.65. The predicted molar refractivity (Wildman–Crippen MR) is 83.3 cm³/mol. The number of amides is 2. The van der Waals surface area contributed by atoms with Crippen LogP contribution >= 0.6 is 11.3 Å². The zero-order valence-electron chi connectivity index (χ0n) is 13.5. The lowest BCUT2D eigenvalue weighted by molar-refractivity contribution is -0.137. The van der Waals surface area contributed by atoms with Gasteiger partial charge in [-0.25, -0.2) is 4.98 Å². The highest BCUT2D eigenvalue weighted by molar-refractivity contribution is 7.12. The van der Waals surface area contributed by atoms with E-state index in [0.29, 0.717) is 0 Å². The second-order valence-corrected chi connectivity index (χ2v) is 7.69. The van der Waals surface area contributed by atoms with E-state index in [1.807, 2.05) is 13.8 Å². The van der Waals surface area contributed by atoms with Gasteiger partial charge in [0, 0.05) is 23.4 Å². The predicted octanol–water partition coefficient (Wildman–Crippen LogP) is 2.16. The van der Waals surface area contributed by atoms with Crippen molar-refractivity contribution in [2.24, 2.45) is 0 Å². The number of aromatic nitrogens is 1. The lowest BCUT2D eigenvalue weighted by Gasteiger charge is -2.17. The molecule has 0 radical (unpaired) electrons. The third-order valence-electron chi connectivity index (χ3n) is 3.70. The van der Waals surface area contributed by atoms with E-state index in [9.17, 15) is 9.59 Å². The van der Waals surface area contributed by atoms with Gasteiger partial charge in [-0.05, 0) is 13.8 Å². The molecule has 1 saturated heterocycles. The van der Waals surface area contributed by atoms with Crippen LogP contribution in [0.3, 0.4) is 0 Å². The van der Waals surface area contributed by atoms with Crippen molar-refractivity contribution >= 4 is 23.2 Å². The first kappa shape index (κ1) is 16.1. The molecule has 1 aliphatic heterocycles. The van der Waals surface area contributed by atoms with E-state index in [1.165, 1.54) is 11.9 Å². The van der Waals surface area contributed by atoms with Crippen LogP contribution in [0.2, 0.25) is 0 Å². The fourth-order valence-electron chi connectivity index (χ4n) is 2.39. The van der Waals surface area contributed by atoms with Crippen molar-refractivity contribution in [1.29, 1.82) is 0 Å². The molecule has 2 amide bonds. The molecule has 1 aromatic rings. The molecule has 116 valence electrons. The Hall–Kier alpha value is -1.27. The van der Waals surface area contributed by atoms with Gasteiger partial charge in [-0.1, -0.05) is 20.8 Å². The van der Waals surface area contributed by atoms with Gasteiger partial charge in [0.25, 0.3) is 0 Å². The van der Waals surface area contributed by atoms with Crippen molar-refractivity contribution in [1.82, 2.24) is 15.2 Å². The summed E-state index contributed by atoms with van der Waals surface area (Å²) in [5.74, 6) is -0.272. The maximum absolute atomic E-state index is 12.0. The van der Waals surface area contributed by atoms with E-state index in [1.54, 1.807) is 11.3 Å². The van der Waals surface area contributed by atoms with Gasteiger partial charge in [-0.2, -0.15) is 0 Å². The topological polar surface area (TPSA) is 62.3 Å². The largest absolute Gasteiger partial charge is 0.298 e. The van der Waals surface area contributed by atoms with E-state index < -0.39 is 6.04 Å². The van der Waals surface area contributed by atoms with Crippen LogP contribution in [0.4, 0.5) is 0 Å². The number of imide groups is 1. The molecule has 0 aliphatic carbocycles. The molecule has 2 atom stereocenters. The van der Waals surface area contributed by atoms with E-state index in [2.05, 4.69) is 31.1 Å². The standard InChI is InChI=1S/C15H23N3O2S/c1-8(16-10-7-11(19)18(6)13(10)20)12-9(2)17-14(21-12)15(3,4)5/h8,10,16H,7H2,1-6H3. The summed E-state index contributed by atoms with van der Waals surface area (Å²) in [6.45, 7) is 10.4. The van der Waals surface area contributed by atoms with Crippen LogP contribution in [0.1, 0.15) is 55.7 Å². The SMILES string of the molecule is Cc1nc(C(C)(C)C)sc1C(C)NC1CC(=O)N(C)C1=O. The van der Waals surface area contributed by atoms with Crippen molar-refractivity contribution < 1.29 is 9.59 Å². The molecular weight excluding hydrogens is 286 g/mol. The summed E-state index contributed by atoms with van der Waals surface area (Å²) in [6, 6.07) is -0.413. The van der Waals surface area contributed by atoms with Gasteiger partial charge in [-0.15, -0.1) is 11.3 Å². The van der Waals surface area contributed by atoms with Crippen molar-refractivity contribution in [2.75, 3.05) is 7.05 Å². The average molecular weight is 309 g/mol. The first-order valence-electron chi connectivity index (χ1n) is 7.15. The van der Waals surface area contributed by atoms with Crippen molar-refractivity contribution in [2.45, 2.75) is 58.5 Å². The third-order valence-corrected chi connectivity index (χ3v) is 5.47. The summed E-state index contributed by atoms with van der Waals surface area (Å²) in [5, 5.41) is 4.36. The second kappa shape index (κ2) is 5.50. The summed E-state index contributed by atoms with van der Waals surface area (Å²) in [6.07, 6.45) is 0.240. The number of nitrogens with one attached hydrogen (secondary N) is 1. The third kappa shape index (κ3) is 3.16. The average Bonchev–Trinajstić information content (AvgIpc) is 2.86. The molecule has 0 aromatic carbocycles. The summed E-state index contributed by atoms with van der Waals surface area (Å²) < 4.78 is 0. The van der Waals surface area contributed by atoms with Crippen LogP contribution in [0.15, 0.2) is 0 Å². The molecule has 1 aliphatic rings. The fraction of sp³-hybridized carbons (Fsp3) is 0.667. The minimum Gasteiger partial charge on any atom is -0.298 e. The molecule has 1 aromatic heterocycles. The number of thiazole rings is 1. The normalized spacial score (nSPS) is 21.2. The highest BCUT2D eigenvalue weighted by Crippen LogP contribution is 2.33. The van der Waals surface area contributed by atoms with Crippen molar-refractivity contribution in [3.05, 3.63) is 15.6 Å². The Labute approximate surface area is 129 Å². The van der Waals surface area contributed by atoms with Crippen molar-refractivity contribution in [3.8, 4) is 0 Å². The molecule has 0 bridgehead atoms. The van der Waals surface area contributed by atoms with Crippen molar-refractivity contribution in [3.63, 3.8) is 0 Å². The molecule has 2 heterocycles. The quantitative estimate of drug-likeness (QED) is 0.869. The van der Waals surface area contributed by atoms with E-state index in [-0.39, 0.29) is 29.7 Å². The fourth-order valence-corrected chi connectivity index (χ4v) is 3.53. The molecule has 1 N–H and O–H groups in total. The number of carbonyl (C=O) groups is 2. The van der Waals surface area contributed by atoms with Crippen LogP contribution in [0, 0.1) is 6.92 Å². The zero-order valence-corrected chi connectivity index (χ0v) is 14.3. The number of rotatable bonds is 3. The Balaban J connectivity index is 2.14. The van der Waals surface area contributed by atoms with Crippen LogP contribution < -0.4 is 5.32 Å². The van der Waals surface area contributed by atoms with Gasteiger partial charge in [0.1, 0.15) is 0 Å². The number of aryl methyl sites for hydroxylation is 1. The molecule has 0 spiro atoms. The Kier molecular flexibility index (Phi) is 4.22. The zero-order chi connectivity index (χ0) is 15.9. The minimum absolute atomic E-state index is 0.00634. The maximum Gasteiger partial charge on any atom is 0.246 e. The lowest BCUT2D eigenvalue weighted by atomic mass is 9.98. The monoisotopic (exact) mass is 309 g/mol. The summed E-state index contributed by atoms with van der Waals surface area (Å²) in [5.41, 5.74) is 1.02. The Morgan fingerprint density at radius 1 is 1.38 bits per heavy atom. The van der Waals surface area contributed by atoms with Crippen LogP contribution in [0.25, 0.3) is 0 Å². The first-order valence-corrected chi connectivity index (χ1v) is 7.97. The van der Waals surface area contributed by atoms with E-state index in [0.717, 1.165) is 15.6 Å². The number of carbonyl (C=O) groups excluding carboxylic acids is 2. The van der Waals surface area contributed by atoms with Gasteiger partial charge in [0.15, 0.2) is 0 Å². The number of hydrogen-bond donors (Lipinski definition) is 1. The molecule has 5 nitrogen and oxygen atoms in total. The van der Waals surface area contributed by atoms with Gasteiger partial charge in [-0.3, -0.25) is 19.8 Å². The van der Waals surface area contributed by atoms with Crippen LogP contribution in [-0.2, 0) is 15.0 Å². The van der Waals surface area contributed by atoms with E-state index >= 15 is 0 Å². The van der Waals surface area contributed by atoms with E-state index in [4.69, 9.17) is 0 Å². The summed E-state index contributed by atoms with van der Waals surface area (Å²) in [4.78, 5) is 30.5. The Morgan fingerprint density at radius 2 is 2.00 bits per heavy atom. The number of nitrogens with zero attached hydrogens (tertiary/aromatic N) is 2. The van der Waals surface area contributed by atoms with Crippen LogP contribution in [-0.4, -0.2) is 34.8 Å². The Morgan fingerprint density at radius 3 is 2.43 bits per heavy atom. The molecule has 6 heteroatoms. The summed E-state index contributed by atoms with van der Waals surface area (Å²) in [7, 11) is 1.53. The maximum atomic E-state index is 12.0. The van der Waals surface area contributed by atoms with Crippen LogP contribution in [0.5, 0.6) is 0 Å². The van der Waals surface area contributed by atoms with Gasteiger partial charge < -0.3 is 0 Å². The molecule has 21 heavy (non-hydrogen) atoms. The molecule has 1 fully saturated rings. The molecular formula is C15H23N3O2S. The number of likely N-dealkylation sites (tertiary alicyclic amines) is 1. The van der Waals surface area contributed by atoms with Gasteiger partial charge in [0.05, 0.1) is 23.2 Å². The molecule has 0 saturated carbocycles. The molecule has 2 unspecified atom stereocenters. The summed E-state index contributed by atoms with van der Waals surface area (Å²) >= 11 is 1.68. The number of likely N-dealkylation sites (N-methyl/N-ethyl adjacent to an activating group) is 1. The van der Waals surface area contributed by atoms with Gasteiger partial charge >= 0.3 is 0 Å². The Bertz CT molecular complexity index is 574. The smallest absolute Gasteiger partial charge is 0.246 e. The first-order chi connectivity index (χ1) is 9.61. The molecule has 2 rings (SSSR count).